The molecule has 0 bridgehead atoms. The minimum Gasteiger partial charge on any atom is -0.324 e. The van der Waals surface area contributed by atoms with E-state index < -0.39 is 5.82 Å². The Labute approximate surface area is 162 Å². The van der Waals surface area contributed by atoms with Crippen LogP contribution in [0.2, 0.25) is 5.02 Å². The molecule has 0 atom stereocenters. The number of fused-ring (bicyclic) bond motifs is 1. The number of nitrogens with zero attached hydrogens (tertiary/aromatic N) is 2. The second-order valence-electron chi connectivity index (χ2n) is 5.68. The summed E-state index contributed by atoms with van der Waals surface area (Å²) in [6.45, 7) is 3.86. The normalized spacial score (nSPS) is 11.1. The van der Waals surface area contributed by atoms with Gasteiger partial charge in [0.05, 0.1) is 21.8 Å². The van der Waals surface area contributed by atoms with Crippen molar-refractivity contribution < 1.29 is 9.18 Å². The molecular weight excluding hydrogens is 397 g/mol. The number of anilines is 1. The van der Waals surface area contributed by atoms with Crippen LogP contribution in [0, 0.1) is 19.7 Å². The zero-order valence-electron chi connectivity index (χ0n) is 14.2. The molecule has 2 heterocycles. The molecule has 9 heteroatoms. The van der Waals surface area contributed by atoms with Gasteiger partial charge >= 0.3 is 0 Å². The van der Waals surface area contributed by atoms with E-state index in [-0.39, 0.29) is 22.2 Å². The zero-order chi connectivity index (χ0) is 19.0. The van der Waals surface area contributed by atoms with Gasteiger partial charge in [-0.05, 0) is 37.6 Å². The molecule has 1 amide bonds. The molecule has 0 aliphatic rings. The van der Waals surface area contributed by atoms with Crippen LogP contribution in [0.15, 0.2) is 28.2 Å². The molecule has 2 aromatic heterocycles. The van der Waals surface area contributed by atoms with E-state index in [1.165, 1.54) is 28.0 Å². The van der Waals surface area contributed by atoms with Crippen LogP contribution >= 0.6 is 34.7 Å². The fourth-order valence-electron chi connectivity index (χ4n) is 2.39. The van der Waals surface area contributed by atoms with Gasteiger partial charge in [-0.1, -0.05) is 23.4 Å². The molecule has 1 aromatic carbocycles. The first-order valence-corrected chi connectivity index (χ1v) is 9.80. The lowest BCUT2D eigenvalue weighted by atomic mass is 10.2. The van der Waals surface area contributed by atoms with E-state index in [1.807, 2.05) is 13.8 Å². The molecule has 0 saturated heterocycles. The number of hydrogen-bond donors (Lipinski definition) is 1. The number of aromatic nitrogens is 2. The summed E-state index contributed by atoms with van der Waals surface area (Å²) < 4.78 is 14.5. The average Bonchev–Trinajstić information content (AvgIpc) is 2.86. The molecule has 5 nitrogen and oxygen atoms in total. The highest BCUT2D eigenvalue weighted by molar-refractivity contribution is 7.99. The molecule has 0 aliphatic heterocycles. The van der Waals surface area contributed by atoms with Gasteiger partial charge in [-0.2, -0.15) is 0 Å². The number of rotatable bonds is 4. The first-order chi connectivity index (χ1) is 12.3. The lowest BCUT2D eigenvalue weighted by molar-refractivity contribution is -0.113. The van der Waals surface area contributed by atoms with Crippen molar-refractivity contribution in [1.82, 2.24) is 9.55 Å². The molecule has 0 radical (unpaired) electrons. The van der Waals surface area contributed by atoms with Crippen LogP contribution < -0.4 is 10.9 Å². The summed E-state index contributed by atoms with van der Waals surface area (Å²) >= 11 is 8.52. The Morgan fingerprint density at radius 3 is 2.85 bits per heavy atom. The summed E-state index contributed by atoms with van der Waals surface area (Å²) in [5, 5.41) is 3.83. The Morgan fingerprint density at radius 2 is 2.15 bits per heavy atom. The fourth-order valence-corrected chi connectivity index (χ4v) is 4.45. The third-order valence-electron chi connectivity index (χ3n) is 3.91. The highest BCUT2D eigenvalue weighted by Gasteiger charge is 2.16. The second kappa shape index (κ2) is 7.38. The maximum atomic E-state index is 13.1. The SMILES string of the molecule is Cc1sc2nc(SCC(=O)Nc3ccc(F)cc3Cl)n(C)c(=O)c2c1C. The van der Waals surface area contributed by atoms with Crippen LogP contribution in [0.25, 0.3) is 10.2 Å². The summed E-state index contributed by atoms with van der Waals surface area (Å²) in [6, 6.07) is 3.75. The van der Waals surface area contributed by atoms with Crippen molar-refractivity contribution >= 4 is 56.5 Å². The molecule has 0 saturated carbocycles. The summed E-state index contributed by atoms with van der Waals surface area (Å²) in [7, 11) is 1.64. The number of carbonyl (C=O) groups is 1. The van der Waals surface area contributed by atoms with E-state index in [9.17, 15) is 14.0 Å². The topological polar surface area (TPSA) is 64.0 Å². The maximum absolute atomic E-state index is 13.1. The first kappa shape index (κ1) is 18.9. The Balaban J connectivity index is 1.78. The van der Waals surface area contributed by atoms with Crippen LogP contribution in [-0.4, -0.2) is 21.2 Å². The first-order valence-electron chi connectivity index (χ1n) is 7.62. The molecule has 3 rings (SSSR count). The molecule has 136 valence electrons. The Hall–Kier alpha value is -1.90. The van der Waals surface area contributed by atoms with Crippen LogP contribution in [0.5, 0.6) is 0 Å². The Kier molecular flexibility index (Phi) is 5.36. The molecule has 0 unspecified atom stereocenters. The largest absolute Gasteiger partial charge is 0.324 e. The minimum atomic E-state index is -0.476. The van der Waals surface area contributed by atoms with Gasteiger partial charge in [-0.3, -0.25) is 14.2 Å². The quantitative estimate of drug-likeness (QED) is 0.517. The standard InChI is InChI=1S/C17H15ClFN3O2S2/c1-8-9(2)26-15-14(8)16(24)22(3)17(21-15)25-7-13(23)20-12-5-4-10(19)6-11(12)18/h4-6H,7H2,1-3H3,(H,20,23). The van der Waals surface area contributed by atoms with Crippen molar-refractivity contribution in [1.29, 1.82) is 0 Å². The number of nitrogens with one attached hydrogen (secondary N) is 1. The van der Waals surface area contributed by atoms with Gasteiger partial charge in [0.2, 0.25) is 5.91 Å². The molecule has 3 aromatic rings. The van der Waals surface area contributed by atoms with E-state index in [2.05, 4.69) is 10.3 Å². The number of amides is 1. The monoisotopic (exact) mass is 411 g/mol. The van der Waals surface area contributed by atoms with Crippen molar-refractivity contribution in [2.24, 2.45) is 7.05 Å². The second-order valence-corrected chi connectivity index (χ2v) is 8.24. The molecule has 0 spiro atoms. The van der Waals surface area contributed by atoms with Gasteiger partial charge in [0.15, 0.2) is 5.16 Å². The van der Waals surface area contributed by atoms with Gasteiger partial charge in [0, 0.05) is 11.9 Å². The number of hydrogen-bond acceptors (Lipinski definition) is 5. The van der Waals surface area contributed by atoms with Crippen LogP contribution in [0.4, 0.5) is 10.1 Å². The molecule has 0 fully saturated rings. The van der Waals surface area contributed by atoms with Crippen molar-refractivity contribution in [3.63, 3.8) is 0 Å². The molecule has 0 aliphatic carbocycles. The van der Waals surface area contributed by atoms with E-state index in [0.29, 0.717) is 21.1 Å². The highest BCUT2D eigenvalue weighted by Crippen LogP contribution is 2.28. The number of thiophene rings is 1. The van der Waals surface area contributed by atoms with Gasteiger partial charge < -0.3 is 5.32 Å². The van der Waals surface area contributed by atoms with E-state index >= 15 is 0 Å². The van der Waals surface area contributed by atoms with Gasteiger partial charge in [0.1, 0.15) is 10.6 Å². The lowest BCUT2D eigenvalue weighted by Gasteiger charge is -2.09. The zero-order valence-corrected chi connectivity index (χ0v) is 16.6. The highest BCUT2D eigenvalue weighted by atomic mass is 35.5. The van der Waals surface area contributed by atoms with Crippen LogP contribution in [0.1, 0.15) is 10.4 Å². The van der Waals surface area contributed by atoms with Gasteiger partial charge in [-0.25, -0.2) is 9.37 Å². The summed E-state index contributed by atoms with van der Waals surface area (Å²) in [5.41, 5.74) is 1.15. The number of benzene rings is 1. The van der Waals surface area contributed by atoms with Crippen molar-refractivity contribution in [2.45, 2.75) is 19.0 Å². The third kappa shape index (κ3) is 3.62. The fraction of sp³-hybridized carbons (Fsp3) is 0.235. The van der Waals surface area contributed by atoms with E-state index in [0.717, 1.165) is 28.3 Å². The number of carbonyl (C=O) groups excluding carboxylic acids is 1. The maximum Gasteiger partial charge on any atom is 0.262 e. The molecule has 26 heavy (non-hydrogen) atoms. The third-order valence-corrected chi connectivity index (χ3v) is 6.35. The predicted octanol–water partition coefficient (Wildman–Crippen LogP) is 4.14. The average molecular weight is 412 g/mol. The molecule has 1 N–H and O–H groups in total. The van der Waals surface area contributed by atoms with Gasteiger partial charge in [-0.15, -0.1) is 11.3 Å². The van der Waals surface area contributed by atoms with E-state index in [4.69, 9.17) is 11.6 Å². The smallest absolute Gasteiger partial charge is 0.262 e. The summed E-state index contributed by atoms with van der Waals surface area (Å²) in [4.78, 5) is 30.9. The number of thioether (sulfide) groups is 1. The number of halogens is 2. The predicted molar refractivity (Wildman–Crippen MR) is 105 cm³/mol. The minimum absolute atomic E-state index is 0.0445. The van der Waals surface area contributed by atoms with Crippen LogP contribution in [0.3, 0.4) is 0 Å². The number of aryl methyl sites for hydroxylation is 2. The van der Waals surface area contributed by atoms with Crippen LogP contribution in [-0.2, 0) is 11.8 Å². The van der Waals surface area contributed by atoms with Gasteiger partial charge in [0.25, 0.3) is 5.56 Å². The molecular formula is C17H15ClFN3O2S2. The van der Waals surface area contributed by atoms with Crippen molar-refractivity contribution in [2.75, 3.05) is 11.1 Å². The lowest BCUT2D eigenvalue weighted by Crippen LogP contribution is -2.21. The Bertz CT molecular complexity index is 1080. The van der Waals surface area contributed by atoms with Crippen molar-refractivity contribution in [3.05, 3.63) is 49.8 Å². The van der Waals surface area contributed by atoms with Crippen molar-refractivity contribution in [3.8, 4) is 0 Å². The van der Waals surface area contributed by atoms with E-state index in [1.54, 1.807) is 7.05 Å². The summed E-state index contributed by atoms with van der Waals surface area (Å²) in [6.07, 6.45) is 0. The summed E-state index contributed by atoms with van der Waals surface area (Å²) in [5.74, 6) is -0.754. The Morgan fingerprint density at radius 1 is 1.42 bits per heavy atom.